The standard InChI is InChI=1S/C21H29ClN4O2.2CH2O2/c22-18-2-1-16-13-17(21(28)23-20(16)14-18)15-25-5-3-19(4-6-25)26-9-7-24(8-10-26)11-12-27;2*2-1-3/h1-2,13-14,19,27H,3-12,15H2,(H,23,28);2*1H,(H,2,3). The van der Waals surface area contributed by atoms with Crippen molar-refractivity contribution in [2.75, 3.05) is 52.4 Å². The van der Waals surface area contributed by atoms with Crippen molar-refractivity contribution < 1.29 is 24.9 Å². The number of nitrogens with zero attached hydrogens (tertiary/aromatic N) is 3. The van der Waals surface area contributed by atoms with E-state index in [2.05, 4.69) is 19.7 Å². The Morgan fingerprint density at radius 2 is 1.59 bits per heavy atom. The molecule has 2 fully saturated rings. The zero-order chi connectivity index (χ0) is 24.9. The fourth-order valence-electron chi connectivity index (χ4n) is 4.51. The first-order valence-corrected chi connectivity index (χ1v) is 11.6. The predicted molar refractivity (Wildman–Crippen MR) is 130 cm³/mol. The number of hydrogen-bond acceptors (Lipinski definition) is 7. The lowest BCUT2D eigenvalue weighted by Crippen LogP contribution is -2.53. The number of aromatic nitrogens is 1. The molecule has 0 spiro atoms. The molecule has 0 radical (unpaired) electrons. The third-order valence-corrected chi connectivity index (χ3v) is 6.41. The molecule has 34 heavy (non-hydrogen) atoms. The van der Waals surface area contributed by atoms with Crippen LogP contribution in [0.3, 0.4) is 0 Å². The number of nitrogens with one attached hydrogen (secondary N) is 1. The van der Waals surface area contributed by atoms with E-state index >= 15 is 0 Å². The molecule has 4 N–H and O–H groups in total. The van der Waals surface area contributed by atoms with E-state index in [4.69, 9.17) is 36.5 Å². The number of benzene rings is 1. The Labute approximate surface area is 203 Å². The van der Waals surface area contributed by atoms with Crippen LogP contribution in [0.5, 0.6) is 0 Å². The smallest absolute Gasteiger partial charge is 0.290 e. The summed E-state index contributed by atoms with van der Waals surface area (Å²) in [7, 11) is 0. The maximum absolute atomic E-state index is 12.5. The first kappa shape index (κ1) is 27.7. The summed E-state index contributed by atoms with van der Waals surface area (Å²) in [6.45, 7) is 7.59. The average Bonchev–Trinajstić information content (AvgIpc) is 2.82. The van der Waals surface area contributed by atoms with Gasteiger partial charge in [-0.1, -0.05) is 17.7 Å². The van der Waals surface area contributed by atoms with Gasteiger partial charge in [0.15, 0.2) is 0 Å². The molecule has 0 saturated carbocycles. The molecule has 0 aliphatic carbocycles. The number of piperidine rings is 1. The fourth-order valence-corrected chi connectivity index (χ4v) is 4.69. The molecule has 188 valence electrons. The first-order valence-electron chi connectivity index (χ1n) is 11.2. The topological polar surface area (TPSA) is 137 Å². The normalized spacial score (nSPS) is 17.8. The Morgan fingerprint density at radius 3 is 2.18 bits per heavy atom. The minimum Gasteiger partial charge on any atom is -0.483 e. The number of pyridine rings is 1. The van der Waals surface area contributed by atoms with Gasteiger partial charge in [-0.25, -0.2) is 0 Å². The van der Waals surface area contributed by atoms with Crippen molar-refractivity contribution in [2.24, 2.45) is 0 Å². The van der Waals surface area contributed by atoms with E-state index in [0.29, 0.717) is 17.6 Å². The second-order valence-corrected chi connectivity index (χ2v) is 8.61. The van der Waals surface area contributed by atoms with Gasteiger partial charge in [-0.15, -0.1) is 0 Å². The summed E-state index contributed by atoms with van der Waals surface area (Å²) in [5.41, 5.74) is 1.60. The number of fused-ring (bicyclic) bond motifs is 1. The molecule has 0 unspecified atom stereocenters. The number of H-pyrrole nitrogens is 1. The van der Waals surface area contributed by atoms with Gasteiger partial charge in [0.1, 0.15) is 0 Å². The molecule has 2 saturated heterocycles. The highest BCUT2D eigenvalue weighted by Gasteiger charge is 2.27. The van der Waals surface area contributed by atoms with Gasteiger partial charge in [0, 0.05) is 61.4 Å². The van der Waals surface area contributed by atoms with Crippen molar-refractivity contribution >= 4 is 35.4 Å². The summed E-state index contributed by atoms with van der Waals surface area (Å²) in [5.74, 6) is 0. The van der Waals surface area contributed by atoms with Crippen LogP contribution < -0.4 is 5.56 Å². The van der Waals surface area contributed by atoms with E-state index in [1.165, 1.54) is 0 Å². The number of hydrogen-bond donors (Lipinski definition) is 4. The number of aliphatic hydroxyl groups excluding tert-OH is 1. The van der Waals surface area contributed by atoms with Crippen LogP contribution in [-0.4, -0.2) is 106 Å². The summed E-state index contributed by atoms with van der Waals surface area (Å²) in [6, 6.07) is 8.26. The van der Waals surface area contributed by atoms with Gasteiger partial charge >= 0.3 is 0 Å². The van der Waals surface area contributed by atoms with Crippen LogP contribution >= 0.6 is 11.6 Å². The lowest BCUT2D eigenvalue weighted by molar-refractivity contribution is -0.123. The van der Waals surface area contributed by atoms with Crippen molar-refractivity contribution in [2.45, 2.75) is 25.4 Å². The highest BCUT2D eigenvalue weighted by atomic mass is 35.5. The number of β-amino-alcohol motifs (C(OH)–C–C–N with tert-alkyl or cyclic N) is 1. The fraction of sp³-hybridized carbons (Fsp3) is 0.522. The summed E-state index contributed by atoms with van der Waals surface area (Å²) < 4.78 is 0. The van der Waals surface area contributed by atoms with Crippen LogP contribution in [0.2, 0.25) is 5.02 Å². The Hall–Kier alpha value is -2.50. The van der Waals surface area contributed by atoms with E-state index in [1.807, 2.05) is 18.2 Å². The van der Waals surface area contributed by atoms with Gasteiger partial charge in [-0.05, 0) is 49.5 Å². The van der Waals surface area contributed by atoms with Crippen molar-refractivity contribution in [3.05, 3.63) is 45.2 Å². The molecule has 3 heterocycles. The van der Waals surface area contributed by atoms with E-state index in [0.717, 1.165) is 75.1 Å². The SMILES string of the molecule is O=CO.O=CO.O=c1[nH]c2cc(Cl)ccc2cc1CN1CCC(N2CCN(CCO)CC2)CC1. The molecule has 0 amide bonds. The van der Waals surface area contributed by atoms with Gasteiger partial charge < -0.3 is 20.3 Å². The quantitative estimate of drug-likeness (QED) is 0.449. The molecule has 1 aromatic heterocycles. The molecule has 0 atom stereocenters. The van der Waals surface area contributed by atoms with Gasteiger partial charge in [-0.3, -0.25) is 29.1 Å². The Bertz CT molecular complexity index is 950. The zero-order valence-electron chi connectivity index (χ0n) is 19.1. The maximum atomic E-state index is 12.5. The number of rotatable bonds is 5. The van der Waals surface area contributed by atoms with Crippen molar-refractivity contribution in [1.29, 1.82) is 0 Å². The molecule has 10 nitrogen and oxygen atoms in total. The highest BCUT2D eigenvalue weighted by Crippen LogP contribution is 2.21. The molecular formula is C23H33ClN4O6. The van der Waals surface area contributed by atoms with Gasteiger partial charge in [-0.2, -0.15) is 0 Å². The lowest BCUT2D eigenvalue weighted by Gasteiger charge is -2.42. The van der Waals surface area contributed by atoms with Crippen molar-refractivity contribution in [3.63, 3.8) is 0 Å². The Balaban J connectivity index is 0.000000618. The van der Waals surface area contributed by atoms with Crippen LogP contribution in [0.4, 0.5) is 0 Å². The molecule has 2 aromatic rings. The second-order valence-electron chi connectivity index (χ2n) is 8.17. The predicted octanol–water partition coefficient (Wildman–Crippen LogP) is 1.16. The largest absolute Gasteiger partial charge is 0.483 e. The molecule has 2 aliphatic heterocycles. The molecular weight excluding hydrogens is 464 g/mol. The van der Waals surface area contributed by atoms with Crippen molar-refractivity contribution in [3.8, 4) is 0 Å². The number of piperazine rings is 1. The van der Waals surface area contributed by atoms with E-state index < -0.39 is 0 Å². The Morgan fingerprint density at radius 1 is 0.971 bits per heavy atom. The number of carbonyl (C=O) groups is 2. The van der Waals surface area contributed by atoms with Crippen LogP contribution in [0, 0.1) is 0 Å². The third-order valence-electron chi connectivity index (χ3n) is 6.18. The minimum atomic E-state index is -0.250. The molecule has 11 heteroatoms. The summed E-state index contributed by atoms with van der Waals surface area (Å²) in [5, 5.41) is 24.5. The monoisotopic (exact) mass is 496 g/mol. The lowest BCUT2D eigenvalue weighted by atomic mass is 10.0. The van der Waals surface area contributed by atoms with Crippen LogP contribution in [0.1, 0.15) is 18.4 Å². The summed E-state index contributed by atoms with van der Waals surface area (Å²) >= 11 is 6.02. The first-order chi connectivity index (χ1) is 16.4. The van der Waals surface area contributed by atoms with E-state index in [-0.39, 0.29) is 25.1 Å². The number of halogens is 1. The average molecular weight is 497 g/mol. The third kappa shape index (κ3) is 8.37. The van der Waals surface area contributed by atoms with Gasteiger partial charge in [0.25, 0.3) is 18.5 Å². The van der Waals surface area contributed by atoms with E-state index in [9.17, 15) is 4.79 Å². The van der Waals surface area contributed by atoms with Gasteiger partial charge in [0.05, 0.1) is 6.61 Å². The number of carboxylic acid groups (broad SMARTS) is 2. The summed E-state index contributed by atoms with van der Waals surface area (Å²) in [4.78, 5) is 39.5. The zero-order valence-corrected chi connectivity index (χ0v) is 19.9. The van der Waals surface area contributed by atoms with Gasteiger partial charge in [0.2, 0.25) is 0 Å². The Kier molecular flexibility index (Phi) is 12.0. The van der Waals surface area contributed by atoms with E-state index in [1.54, 1.807) is 6.07 Å². The molecule has 1 aromatic carbocycles. The van der Waals surface area contributed by atoms with Crippen molar-refractivity contribution in [1.82, 2.24) is 19.7 Å². The minimum absolute atomic E-state index is 0.0168. The number of aromatic amines is 1. The number of aliphatic hydroxyl groups is 1. The molecule has 4 rings (SSSR count). The van der Waals surface area contributed by atoms with Crippen LogP contribution in [0.15, 0.2) is 29.1 Å². The second kappa shape index (κ2) is 14.7. The highest BCUT2D eigenvalue weighted by molar-refractivity contribution is 6.31. The van der Waals surface area contributed by atoms with Crippen LogP contribution in [0.25, 0.3) is 10.9 Å². The maximum Gasteiger partial charge on any atom is 0.290 e. The molecule has 0 bridgehead atoms. The molecule has 2 aliphatic rings. The number of likely N-dealkylation sites (tertiary alicyclic amines) is 1. The summed E-state index contributed by atoms with van der Waals surface area (Å²) in [6.07, 6.45) is 2.31. The van der Waals surface area contributed by atoms with Crippen LogP contribution in [-0.2, 0) is 16.1 Å².